The van der Waals surface area contributed by atoms with Crippen LogP contribution in [0.4, 0.5) is 22.0 Å². The molecule has 2 heterocycles. The average molecular weight is 754 g/mol. The van der Waals surface area contributed by atoms with Gasteiger partial charge in [0.15, 0.2) is 0 Å². The van der Waals surface area contributed by atoms with Gasteiger partial charge in [0.2, 0.25) is 5.91 Å². The Hall–Kier alpha value is -4.50. The Morgan fingerprint density at radius 3 is 2.19 bits per heavy atom. The standard InChI is InChI=1S/C42H48F5N3O4/c1-6-10-28-20-30(37-25(4)11-9-12-26(37)5)40(44)38(39(28)43)33(22-36(52)53)48-41(54)34(19-24(2)3)50-23-31(32(21-35(50)51)42(45,46)47)27-15-17-49(18-16-27)29-13-7-8-14-29/h9,11-12,20-21,23-24,27,29,33-34H,7-8,13-19,22H2,1-5H3,(H,48,54)(H,52,53). The topological polar surface area (TPSA) is 91.6 Å². The Morgan fingerprint density at radius 1 is 1.00 bits per heavy atom. The predicted molar refractivity (Wildman–Crippen MR) is 197 cm³/mol. The molecule has 7 nitrogen and oxygen atoms in total. The van der Waals surface area contributed by atoms with E-state index in [0.29, 0.717) is 54.7 Å². The van der Waals surface area contributed by atoms with Crippen molar-refractivity contribution in [1.29, 1.82) is 0 Å². The maximum Gasteiger partial charge on any atom is 0.416 e. The Balaban J connectivity index is 1.58. The highest BCUT2D eigenvalue weighted by Crippen LogP contribution is 2.41. The fourth-order valence-electron chi connectivity index (χ4n) is 8.30. The SMILES string of the molecule is CC#Cc1cc(-c2c(C)cccc2C)c(F)c(C(CC(=O)O)NC(=O)C(CC(C)C)n2cc(C3CCN(C4CCCC4)CC3)c(C(F)(F)F)cc2=O)c1F. The number of nitrogens with zero attached hydrogens (tertiary/aromatic N) is 2. The second-order valence-corrected chi connectivity index (χ2v) is 15.1. The summed E-state index contributed by atoms with van der Waals surface area (Å²) in [5, 5.41) is 12.4. The summed E-state index contributed by atoms with van der Waals surface area (Å²) in [5.41, 5.74) is -1.39. The zero-order valence-corrected chi connectivity index (χ0v) is 31.4. The van der Waals surface area contributed by atoms with E-state index in [4.69, 9.17) is 0 Å². The minimum absolute atomic E-state index is 0.0313. The zero-order valence-electron chi connectivity index (χ0n) is 31.4. The summed E-state index contributed by atoms with van der Waals surface area (Å²) in [6.07, 6.45) is 0.605. The highest BCUT2D eigenvalue weighted by Gasteiger charge is 2.39. The Bertz CT molecular complexity index is 1980. The van der Waals surface area contributed by atoms with Gasteiger partial charge < -0.3 is 19.9 Å². The normalized spacial score (nSPS) is 16.9. The minimum Gasteiger partial charge on any atom is -0.481 e. The molecule has 54 heavy (non-hydrogen) atoms. The number of aromatic nitrogens is 1. The molecule has 5 rings (SSSR count). The number of aliphatic carboxylic acids is 1. The van der Waals surface area contributed by atoms with E-state index in [2.05, 4.69) is 22.1 Å². The smallest absolute Gasteiger partial charge is 0.416 e. The van der Waals surface area contributed by atoms with Crippen molar-refractivity contribution in [2.24, 2.45) is 5.92 Å². The lowest BCUT2D eigenvalue weighted by Crippen LogP contribution is -2.42. The number of halogens is 5. The molecule has 2 aliphatic rings. The van der Waals surface area contributed by atoms with Crippen molar-refractivity contribution >= 4 is 11.9 Å². The molecule has 3 aromatic rings. The fourth-order valence-corrected chi connectivity index (χ4v) is 8.30. The van der Waals surface area contributed by atoms with Gasteiger partial charge in [0.1, 0.15) is 17.7 Å². The summed E-state index contributed by atoms with van der Waals surface area (Å²) < 4.78 is 77.4. The third-order valence-electron chi connectivity index (χ3n) is 10.8. The number of rotatable bonds is 11. The Labute approximate surface area is 313 Å². The number of carbonyl (C=O) groups excluding carboxylic acids is 1. The van der Waals surface area contributed by atoms with Crippen molar-refractivity contribution in [3.63, 3.8) is 0 Å². The summed E-state index contributed by atoms with van der Waals surface area (Å²) in [5.74, 6) is -0.251. The molecule has 0 radical (unpaired) electrons. The highest BCUT2D eigenvalue weighted by molar-refractivity contribution is 5.82. The van der Waals surface area contributed by atoms with Gasteiger partial charge in [-0.25, -0.2) is 8.78 Å². The minimum atomic E-state index is -4.83. The zero-order chi connectivity index (χ0) is 39.5. The van der Waals surface area contributed by atoms with E-state index < -0.39 is 70.8 Å². The Morgan fingerprint density at radius 2 is 1.63 bits per heavy atom. The van der Waals surface area contributed by atoms with E-state index in [-0.39, 0.29) is 29.0 Å². The number of alkyl halides is 3. The van der Waals surface area contributed by atoms with Crippen molar-refractivity contribution in [2.45, 2.75) is 116 Å². The van der Waals surface area contributed by atoms with Crippen LogP contribution in [0.1, 0.15) is 124 Å². The number of benzene rings is 2. The van der Waals surface area contributed by atoms with Crippen LogP contribution in [0.3, 0.4) is 0 Å². The quantitative estimate of drug-likeness (QED) is 0.151. The first-order chi connectivity index (χ1) is 25.5. The number of carboxylic acids is 1. The van der Waals surface area contributed by atoms with Gasteiger partial charge in [-0.1, -0.05) is 50.8 Å². The van der Waals surface area contributed by atoms with Gasteiger partial charge in [-0.2, -0.15) is 13.2 Å². The number of nitrogens with one attached hydrogen (secondary N) is 1. The van der Waals surface area contributed by atoms with E-state index >= 15 is 8.78 Å². The molecule has 12 heteroatoms. The van der Waals surface area contributed by atoms with Gasteiger partial charge in [0.25, 0.3) is 5.56 Å². The van der Waals surface area contributed by atoms with Gasteiger partial charge in [-0.15, -0.1) is 5.92 Å². The van der Waals surface area contributed by atoms with Crippen molar-refractivity contribution < 1.29 is 36.6 Å². The molecule has 1 aliphatic carbocycles. The molecular formula is C42H48F5N3O4. The molecule has 1 saturated heterocycles. The number of hydrogen-bond donors (Lipinski definition) is 2. The van der Waals surface area contributed by atoms with E-state index in [9.17, 15) is 32.7 Å². The molecular weight excluding hydrogens is 705 g/mol. The van der Waals surface area contributed by atoms with Crippen molar-refractivity contribution in [3.05, 3.63) is 91.9 Å². The first-order valence-electron chi connectivity index (χ1n) is 18.6. The second kappa shape index (κ2) is 16.9. The van der Waals surface area contributed by atoms with Crippen molar-refractivity contribution in [2.75, 3.05) is 13.1 Å². The molecule has 1 saturated carbocycles. The van der Waals surface area contributed by atoms with Gasteiger partial charge in [-0.05, 0) is 106 Å². The maximum atomic E-state index is 16.7. The number of aryl methyl sites for hydroxylation is 2. The highest BCUT2D eigenvalue weighted by atomic mass is 19.4. The Kier molecular flexibility index (Phi) is 12.7. The number of likely N-dealkylation sites (tertiary alicyclic amines) is 1. The van der Waals surface area contributed by atoms with E-state index in [1.54, 1.807) is 45.9 Å². The summed E-state index contributed by atoms with van der Waals surface area (Å²) >= 11 is 0. The largest absolute Gasteiger partial charge is 0.481 e. The van der Waals surface area contributed by atoms with E-state index in [0.717, 1.165) is 36.4 Å². The monoisotopic (exact) mass is 753 g/mol. The predicted octanol–water partition coefficient (Wildman–Crippen LogP) is 8.84. The lowest BCUT2D eigenvalue weighted by atomic mass is 9.86. The molecule has 0 spiro atoms. The first-order valence-corrected chi connectivity index (χ1v) is 18.6. The molecule has 1 aliphatic heterocycles. The van der Waals surface area contributed by atoms with Crippen molar-refractivity contribution in [3.8, 4) is 23.0 Å². The van der Waals surface area contributed by atoms with Gasteiger partial charge in [0.05, 0.1) is 23.6 Å². The van der Waals surface area contributed by atoms with Crippen LogP contribution in [0, 0.1) is 43.2 Å². The number of hydrogen-bond acceptors (Lipinski definition) is 4. The van der Waals surface area contributed by atoms with Crippen LogP contribution < -0.4 is 10.9 Å². The third kappa shape index (κ3) is 8.89. The number of carbonyl (C=O) groups is 2. The summed E-state index contributed by atoms with van der Waals surface area (Å²) in [4.78, 5) is 42.4. The van der Waals surface area contributed by atoms with Gasteiger partial charge in [-0.3, -0.25) is 14.4 Å². The number of piperidine rings is 1. The van der Waals surface area contributed by atoms with Crippen LogP contribution in [-0.4, -0.2) is 45.6 Å². The lowest BCUT2D eigenvalue weighted by Gasteiger charge is -2.37. The number of pyridine rings is 1. The maximum absolute atomic E-state index is 16.7. The van der Waals surface area contributed by atoms with Crippen LogP contribution in [0.5, 0.6) is 0 Å². The molecule has 2 aromatic carbocycles. The van der Waals surface area contributed by atoms with Gasteiger partial charge >= 0.3 is 12.1 Å². The number of carboxylic acid groups (broad SMARTS) is 1. The van der Waals surface area contributed by atoms with Crippen molar-refractivity contribution in [1.82, 2.24) is 14.8 Å². The molecule has 2 atom stereocenters. The molecule has 2 fully saturated rings. The van der Waals surface area contributed by atoms with E-state index in [1.807, 2.05) is 0 Å². The van der Waals surface area contributed by atoms with Crippen LogP contribution in [0.25, 0.3) is 11.1 Å². The fraction of sp³-hybridized carbons (Fsp3) is 0.500. The molecule has 2 N–H and O–H groups in total. The molecule has 290 valence electrons. The van der Waals surface area contributed by atoms with E-state index in [1.165, 1.54) is 13.0 Å². The number of amides is 1. The summed E-state index contributed by atoms with van der Waals surface area (Å²) in [7, 11) is 0. The summed E-state index contributed by atoms with van der Waals surface area (Å²) in [6.45, 7) is 9.70. The molecule has 0 bridgehead atoms. The summed E-state index contributed by atoms with van der Waals surface area (Å²) in [6, 6.07) is 4.28. The lowest BCUT2D eigenvalue weighted by molar-refractivity contribution is -0.139. The van der Waals surface area contributed by atoms with Crippen LogP contribution in [0.15, 0.2) is 41.3 Å². The van der Waals surface area contributed by atoms with Crippen LogP contribution >= 0.6 is 0 Å². The molecule has 1 aromatic heterocycles. The third-order valence-corrected chi connectivity index (χ3v) is 10.8. The van der Waals surface area contributed by atoms with Gasteiger partial charge in [0, 0.05) is 29.4 Å². The second-order valence-electron chi connectivity index (χ2n) is 15.1. The molecule has 1 amide bonds. The van der Waals surface area contributed by atoms with Crippen LogP contribution in [-0.2, 0) is 15.8 Å². The first kappa shape index (κ1) is 40.7. The average Bonchev–Trinajstić information content (AvgIpc) is 3.64. The van der Waals surface area contributed by atoms with Crippen LogP contribution in [0.2, 0.25) is 0 Å². The molecule has 2 unspecified atom stereocenters.